The van der Waals surface area contributed by atoms with E-state index in [0.717, 1.165) is 28.2 Å². The highest BCUT2D eigenvalue weighted by molar-refractivity contribution is 5.80. The summed E-state index contributed by atoms with van der Waals surface area (Å²) in [6, 6.07) is 19.0. The minimum absolute atomic E-state index is 1.02. The first kappa shape index (κ1) is 17.5. The molecule has 3 rings (SSSR count). The van der Waals surface area contributed by atoms with Crippen molar-refractivity contribution in [1.82, 2.24) is 4.57 Å². The van der Waals surface area contributed by atoms with Crippen molar-refractivity contribution in [3.8, 4) is 16.8 Å². The molecule has 3 aromatic rings. The van der Waals surface area contributed by atoms with Gasteiger partial charge in [0.1, 0.15) is 0 Å². The zero-order valence-corrected chi connectivity index (χ0v) is 15.2. The maximum Gasteiger partial charge on any atom is 0.0537 e. The smallest absolute Gasteiger partial charge is 0.0537 e. The minimum Gasteiger partial charge on any atom is -0.309 e. The van der Waals surface area contributed by atoms with Crippen LogP contribution in [0.25, 0.3) is 41.1 Å². The predicted molar refractivity (Wildman–Crippen MR) is 116 cm³/mol. The van der Waals surface area contributed by atoms with E-state index in [1.54, 1.807) is 0 Å². The summed E-state index contributed by atoms with van der Waals surface area (Å²) in [5.74, 6) is 0. The third kappa shape index (κ3) is 3.00. The molecule has 0 saturated carbocycles. The molecule has 0 aliphatic rings. The lowest BCUT2D eigenvalue weighted by Gasteiger charge is -2.12. The quantitative estimate of drug-likeness (QED) is 0.452. The summed E-state index contributed by atoms with van der Waals surface area (Å²) in [6.07, 6.45) is 9.77. The van der Waals surface area contributed by atoms with E-state index in [1.807, 2.05) is 37.3 Å². The van der Waals surface area contributed by atoms with Gasteiger partial charge in [-0.05, 0) is 42.3 Å². The fourth-order valence-electron chi connectivity index (χ4n) is 3.31. The van der Waals surface area contributed by atoms with Gasteiger partial charge in [0.25, 0.3) is 0 Å². The fraction of sp³-hybridized carbons (Fsp3) is 0.0400. The topological polar surface area (TPSA) is 4.93 Å². The molecule has 26 heavy (non-hydrogen) atoms. The monoisotopic (exact) mass is 337 g/mol. The number of nitrogens with zero attached hydrogens (tertiary/aromatic N) is 1. The molecule has 0 fully saturated rings. The molecule has 2 aromatic carbocycles. The van der Waals surface area contributed by atoms with Gasteiger partial charge in [0.05, 0.1) is 11.4 Å². The molecule has 1 heteroatoms. The molecule has 128 valence electrons. The molecular weight excluding hydrogens is 314 g/mol. The minimum atomic E-state index is 1.02. The maximum atomic E-state index is 4.01. The second kappa shape index (κ2) is 7.71. The SMILES string of the molecule is C=Cc1c(C=C)c(/C=C\C)n(-c2ccc(-c3ccccc3)cc2)c1C=C. The molecule has 1 heterocycles. The average molecular weight is 337 g/mol. The van der Waals surface area contributed by atoms with Gasteiger partial charge in [0, 0.05) is 16.8 Å². The molecule has 0 bridgehead atoms. The summed E-state index contributed by atoms with van der Waals surface area (Å²) in [6.45, 7) is 14.0. The van der Waals surface area contributed by atoms with Gasteiger partial charge in [-0.3, -0.25) is 0 Å². The summed E-state index contributed by atoms with van der Waals surface area (Å²) in [7, 11) is 0. The van der Waals surface area contributed by atoms with E-state index in [4.69, 9.17) is 0 Å². The lowest BCUT2D eigenvalue weighted by Crippen LogP contribution is -1.99. The number of allylic oxidation sites excluding steroid dienone is 1. The number of hydrogen-bond acceptors (Lipinski definition) is 0. The lowest BCUT2D eigenvalue weighted by molar-refractivity contribution is 1.04. The van der Waals surface area contributed by atoms with Crippen molar-refractivity contribution < 1.29 is 0 Å². The van der Waals surface area contributed by atoms with Gasteiger partial charge in [0.2, 0.25) is 0 Å². The normalized spacial score (nSPS) is 10.8. The van der Waals surface area contributed by atoms with E-state index in [-0.39, 0.29) is 0 Å². The van der Waals surface area contributed by atoms with Crippen molar-refractivity contribution in [2.75, 3.05) is 0 Å². The van der Waals surface area contributed by atoms with Crippen molar-refractivity contribution in [3.63, 3.8) is 0 Å². The highest BCUT2D eigenvalue weighted by Crippen LogP contribution is 2.32. The van der Waals surface area contributed by atoms with Crippen molar-refractivity contribution in [1.29, 1.82) is 0 Å². The van der Waals surface area contributed by atoms with E-state index in [2.05, 4.69) is 78.9 Å². The Morgan fingerprint density at radius 3 is 1.81 bits per heavy atom. The first-order valence-electron chi connectivity index (χ1n) is 8.69. The highest BCUT2D eigenvalue weighted by Gasteiger charge is 2.17. The van der Waals surface area contributed by atoms with Gasteiger partial charge in [-0.15, -0.1) is 0 Å². The van der Waals surface area contributed by atoms with Gasteiger partial charge in [-0.25, -0.2) is 0 Å². The summed E-state index contributed by atoms with van der Waals surface area (Å²) < 4.78 is 2.20. The third-order valence-corrected chi connectivity index (χ3v) is 4.48. The van der Waals surface area contributed by atoms with E-state index in [1.165, 1.54) is 11.1 Å². The van der Waals surface area contributed by atoms with E-state index in [9.17, 15) is 0 Å². The molecular formula is C25H23N. The van der Waals surface area contributed by atoms with Crippen LogP contribution in [0.2, 0.25) is 0 Å². The van der Waals surface area contributed by atoms with E-state index in [0.29, 0.717) is 0 Å². The zero-order chi connectivity index (χ0) is 18.5. The number of rotatable bonds is 6. The summed E-state index contributed by atoms with van der Waals surface area (Å²) in [5, 5.41) is 0. The van der Waals surface area contributed by atoms with Gasteiger partial charge in [0.15, 0.2) is 0 Å². The van der Waals surface area contributed by atoms with Crippen molar-refractivity contribution >= 4 is 24.3 Å². The van der Waals surface area contributed by atoms with Crippen molar-refractivity contribution in [2.24, 2.45) is 0 Å². The van der Waals surface area contributed by atoms with Crippen LogP contribution >= 0.6 is 0 Å². The number of benzene rings is 2. The van der Waals surface area contributed by atoms with Crippen LogP contribution < -0.4 is 0 Å². The Morgan fingerprint density at radius 1 is 0.692 bits per heavy atom. The van der Waals surface area contributed by atoms with Crippen molar-refractivity contribution in [2.45, 2.75) is 6.92 Å². The molecule has 1 aromatic heterocycles. The van der Waals surface area contributed by atoms with Crippen molar-refractivity contribution in [3.05, 3.63) is 103 Å². The average Bonchev–Trinajstić information content (AvgIpc) is 3.01. The standard InChI is InChI=1S/C25H23N/c1-5-12-25-23(7-3)22(6-2)24(8-4)26(25)21-17-15-20(16-18-21)19-13-10-9-11-14-19/h5-18H,2-4H2,1H3/b12-5-. The Morgan fingerprint density at radius 2 is 1.27 bits per heavy atom. The molecule has 0 unspecified atom stereocenters. The Balaban J connectivity index is 2.20. The predicted octanol–water partition coefficient (Wildman–Crippen LogP) is 7.11. The number of aromatic nitrogens is 1. The van der Waals surface area contributed by atoms with Crippen LogP contribution in [0.1, 0.15) is 29.4 Å². The van der Waals surface area contributed by atoms with Crippen LogP contribution in [0.15, 0.2) is 80.4 Å². The van der Waals surface area contributed by atoms with Gasteiger partial charge in [-0.1, -0.05) is 80.4 Å². The molecule has 0 N–H and O–H groups in total. The van der Waals surface area contributed by atoms with Crippen LogP contribution in [0.5, 0.6) is 0 Å². The fourth-order valence-corrected chi connectivity index (χ4v) is 3.31. The Hall–Kier alpha value is -3.32. The van der Waals surface area contributed by atoms with Gasteiger partial charge >= 0.3 is 0 Å². The molecule has 1 nitrogen and oxygen atoms in total. The molecule has 0 radical (unpaired) electrons. The molecule has 0 spiro atoms. The summed E-state index contributed by atoms with van der Waals surface area (Å²) in [5.41, 5.74) is 7.72. The van der Waals surface area contributed by atoms with Crippen LogP contribution in [-0.4, -0.2) is 4.57 Å². The summed E-state index contributed by atoms with van der Waals surface area (Å²) in [4.78, 5) is 0. The Labute approximate surface area is 155 Å². The van der Waals surface area contributed by atoms with Crippen LogP contribution in [0.4, 0.5) is 0 Å². The first-order chi connectivity index (χ1) is 12.7. The highest BCUT2D eigenvalue weighted by atomic mass is 15.0. The van der Waals surface area contributed by atoms with E-state index >= 15 is 0 Å². The second-order valence-corrected chi connectivity index (χ2v) is 5.96. The van der Waals surface area contributed by atoms with Gasteiger partial charge in [-0.2, -0.15) is 0 Å². The largest absolute Gasteiger partial charge is 0.309 e. The molecule has 0 amide bonds. The van der Waals surface area contributed by atoms with E-state index < -0.39 is 0 Å². The zero-order valence-electron chi connectivity index (χ0n) is 15.2. The maximum absolute atomic E-state index is 4.01. The molecule has 0 aliphatic heterocycles. The lowest BCUT2D eigenvalue weighted by atomic mass is 10.1. The van der Waals surface area contributed by atoms with Crippen LogP contribution in [0.3, 0.4) is 0 Å². The second-order valence-electron chi connectivity index (χ2n) is 5.96. The Bertz CT molecular complexity index is 967. The molecule has 0 aliphatic carbocycles. The van der Waals surface area contributed by atoms with Gasteiger partial charge < -0.3 is 4.57 Å². The first-order valence-corrected chi connectivity index (χ1v) is 8.69. The Kier molecular flexibility index (Phi) is 5.19. The molecule has 0 atom stereocenters. The summed E-state index contributed by atoms with van der Waals surface area (Å²) >= 11 is 0. The molecule has 0 saturated heterocycles. The van der Waals surface area contributed by atoms with Crippen LogP contribution in [-0.2, 0) is 0 Å². The number of hydrogen-bond donors (Lipinski definition) is 0. The van der Waals surface area contributed by atoms with Crippen LogP contribution in [0, 0.1) is 0 Å². The third-order valence-electron chi connectivity index (χ3n) is 4.48.